The number of halogens is 3. The monoisotopic (exact) mass is 399 g/mol. The second kappa shape index (κ2) is 8.16. The summed E-state index contributed by atoms with van der Waals surface area (Å²) in [5.74, 6) is 1.31. The summed E-state index contributed by atoms with van der Waals surface area (Å²) >= 11 is 0. The molecule has 1 unspecified atom stereocenters. The van der Waals surface area contributed by atoms with Gasteiger partial charge in [0, 0.05) is 42.2 Å². The van der Waals surface area contributed by atoms with E-state index in [1.165, 1.54) is 6.07 Å². The molecule has 0 spiro atoms. The van der Waals surface area contributed by atoms with Crippen molar-refractivity contribution in [3.63, 3.8) is 0 Å². The van der Waals surface area contributed by atoms with Crippen LogP contribution in [0.3, 0.4) is 0 Å². The van der Waals surface area contributed by atoms with Crippen LogP contribution in [0.15, 0.2) is 54.9 Å². The molecule has 1 aromatic carbocycles. The Balaban J connectivity index is 1.70. The molecule has 1 aliphatic heterocycles. The summed E-state index contributed by atoms with van der Waals surface area (Å²) in [4.78, 5) is 13.4. The van der Waals surface area contributed by atoms with Crippen molar-refractivity contribution in [1.82, 2.24) is 20.3 Å². The van der Waals surface area contributed by atoms with Gasteiger partial charge in [0.2, 0.25) is 0 Å². The SMILES string of the molecule is FC(F)(F)c1cccc(Nc2cc(-c3ccncc3)nc(C3CCCNC3)n2)c1. The van der Waals surface area contributed by atoms with Crippen molar-refractivity contribution in [2.75, 3.05) is 18.4 Å². The highest BCUT2D eigenvalue weighted by molar-refractivity contribution is 5.65. The Morgan fingerprint density at radius 3 is 2.59 bits per heavy atom. The van der Waals surface area contributed by atoms with Crippen molar-refractivity contribution >= 4 is 11.5 Å². The fourth-order valence-electron chi connectivity index (χ4n) is 3.38. The third-order valence-corrected chi connectivity index (χ3v) is 4.84. The van der Waals surface area contributed by atoms with Gasteiger partial charge in [-0.25, -0.2) is 9.97 Å². The summed E-state index contributed by atoms with van der Waals surface area (Å²) in [5, 5.41) is 6.37. The zero-order chi connectivity index (χ0) is 20.3. The zero-order valence-electron chi connectivity index (χ0n) is 15.6. The molecule has 8 heteroatoms. The summed E-state index contributed by atoms with van der Waals surface area (Å²) in [6, 6.07) is 10.5. The van der Waals surface area contributed by atoms with E-state index in [4.69, 9.17) is 4.98 Å². The second-order valence-corrected chi connectivity index (χ2v) is 6.98. The highest BCUT2D eigenvalue weighted by Crippen LogP contribution is 2.32. The maximum Gasteiger partial charge on any atom is 0.416 e. The maximum atomic E-state index is 13.0. The number of benzene rings is 1. The standard InChI is InChI=1S/C21H20F3N5/c22-21(23,24)16-4-1-5-17(11-16)27-19-12-18(14-6-9-25-10-7-14)28-20(29-19)15-3-2-8-26-13-15/h1,4-7,9-12,15,26H,2-3,8,13H2,(H,27,28,29). The molecule has 3 heterocycles. The van der Waals surface area contributed by atoms with Gasteiger partial charge in [-0.3, -0.25) is 4.98 Å². The lowest BCUT2D eigenvalue weighted by atomic mass is 9.98. The summed E-state index contributed by atoms with van der Waals surface area (Å²) < 4.78 is 39.1. The minimum atomic E-state index is -4.40. The fourth-order valence-corrected chi connectivity index (χ4v) is 3.38. The molecule has 1 atom stereocenters. The number of hydrogen-bond acceptors (Lipinski definition) is 5. The molecule has 0 radical (unpaired) electrons. The lowest BCUT2D eigenvalue weighted by Crippen LogP contribution is -2.29. The molecule has 1 saturated heterocycles. The molecule has 2 N–H and O–H groups in total. The minimum Gasteiger partial charge on any atom is -0.340 e. The minimum absolute atomic E-state index is 0.160. The number of anilines is 2. The van der Waals surface area contributed by atoms with E-state index in [-0.39, 0.29) is 5.92 Å². The second-order valence-electron chi connectivity index (χ2n) is 6.98. The molecule has 0 aliphatic carbocycles. The first-order chi connectivity index (χ1) is 14.0. The Kier molecular flexibility index (Phi) is 5.44. The molecule has 1 fully saturated rings. The highest BCUT2D eigenvalue weighted by atomic mass is 19.4. The number of aromatic nitrogens is 3. The largest absolute Gasteiger partial charge is 0.416 e. The number of pyridine rings is 1. The van der Waals surface area contributed by atoms with Gasteiger partial charge in [-0.1, -0.05) is 6.07 Å². The molecule has 29 heavy (non-hydrogen) atoms. The lowest BCUT2D eigenvalue weighted by molar-refractivity contribution is -0.137. The number of nitrogens with one attached hydrogen (secondary N) is 2. The number of alkyl halides is 3. The molecule has 0 saturated carbocycles. The summed E-state index contributed by atoms with van der Waals surface area (Å²) in [5.41, 5.74) is 1.20. The van der Waals surface area contributed by atoms with Gasteiger partial charge >= 0.3 is 6.18 Å². The van der Waals surface area contributed by atoms with Crippen LogP contribution in [-0.2, 0) is 6.18 Å². The number of hydrogen-bond donors (Lipinski definition) is 2. The van der Waals surface area contributed by atoms with Gasteiger partial charge in [0.15, 0.2) is 0 Å². The molecular formula is C21H20F3N5. The van der Waals surface area contributed by atoms with Crippen LogP contribution in [0.5, 0.6) is 0 Å². The van der Waals surface area contributed by atoms with Crippen molar-refractivity contribution in [1.29, 1.82) is 0 Å². The Morgan fingerprint density at radius 1 is 1.03 bits per heavy atom. The molecule has 2 aromatic heterocycles. The number of rotatable bonds is 4. The van der Waals surface area contributed by atoms with Gasteiger partial charge in [-0.2, -0.15) is 13.2 Å². The van der Waals surface area contributed by atoms with Crippen LogP contribution in [0.2, 0.25) is 0 Å². The third kappa shape index (κ3) is 4.71. The van der Waals surface area contributed by atoms with Gasteiger partial charge in [0.25, 0.3) is 0 Å². The van der Waals surface area contributed by atoms with Gasteiger partial charge in [-0.15, -0.1) is 0 Å². The van der Waals surface area contributed by atoms with E-state index in [2.05, 4.69) is 20.6 Å². The predicted octanol–water partition coefficient (Wildman–Crippen LogP) is 4.77. The Hall–Kier alpha value is -3.00. The summed E-state index contributed by atoms with van der Waals surface area (Å²) in [6.45, 7) is 1.75. The van der Waals surface area contributed by atoms with Crippen molar-refractivity contribution in [2.24, 2.45) is 0 Å². The molecule has 1 aliphatic rings. The van der Waals surface area contributed by atoms with Gasteiger partial charge in [-0.05, 0) is 49.7 Å². The van der Waals surface area contributed by atoms with Crippen LogP contribution < -0.4 is 10.6 Å². The van der Waals surface area contributed by atoms with Crippen LogP contribution in [0, 0.1) is 0 Å². The highest BCUT2D eigenvalue weighted by Gasteiger charge is 2.30. The van der Waals surface area contributed by atoms with Gasteiger partial charge in [0.05, 0.1) is 11.3 Å². The fraction of sp³-hybridized carbons (Fsp3) is 0.286. The van der Waals surface area contributed by atoms with Crippen molar-refractivity contribution in [2.45, 2.75) is 24.9 Å². The molecule has 3 aromatic rings. The number of nitrogens with zero attached hydrogens (tertiary/aromatic N) is 3. The molecule has 150 valence electrons. The van der Waals surface area contributed by atoms with E-state index >= 15 is 0 Å². The van der Waals surface area contributed by atoms with E-state index < -0.39 is 11.7 Å². The van der Waals surface area contributed by atoms with Crippen LogP contribution >= 0.6 is 0 Å². The summed E-state index contributed by atoms with van der Waals surface area (Å²) in [6.07, 6.45) is 0.961. The van der Waals surface area contributed by atoms with E-state index in [9.17, 15) is 13.2 Å². The maximum absolute atomic E-state index is 13.0. The normalized spacial score (nSPS) is 17.1. The van der Waals surface area contributed by atoms with Crippen molar-refractivity contribution < 1.29 is 13.2 Å². The van der Waals surface area contributed by atoms with Crippen LogP contribution in [0.4, 0.5) is 24.7 Å². The molecule has 5 nitrogen and oxygen atoms in total. The molecule has 0 bridgehead atoms. The van der Waals surface area contributed by atoms with Crippen LogP contribution in [-0.4, -0.2) is 28.0 Å². The van der Waals surface area contributed by atoms with Gasteiger partial charge < -0.3 is 10.6 Å². The summed E-state index contributed by atoms with van der Waals surface area (Å²) in [7, 11) is 0. The Morgan fingerprint density at radius 2 is 1.86 bits per heavy atom. The van der Waals surface area contributed by atoms with E-state index in [1.54, 1.807) is 24.5 Å². The third-order valence-electron chi connectivity index (χ3n) is 4.84. The number of piperidine rings is 1. The quantitative estimate of drug-likeness (QED) is 0.662. The van der Waals surface area contributed by atoms with E-state index in [0.29, 0.717) is 23.0 Å². The van der Waals surface area contributed by atoms with E-state index in [1.807, 2.05) is 12.1 Å². The first kappa shape index (κ1) is 19.3. The Labute approximate surface area is 166 Å². The molecular weight excluding hydrogens is 379 g/mol. The topological polar surface area (TPSA) is 62.7 Å². The lowest BCUT2D eigenvalue weighted by Gasteiger charge is -2.22. The smallest absolute Gasteiger partial charge is 0.340 e. The van der Waals surface area contributed by atoms with Crippen LogP contribution in [0.1, 0.15) is 30.1 Å². The average Bonchev–Trinajstić information content (AvgIpc) is 2.74. The average molecular weight is 399 g/mol. The molecule has 0 amide bonds. The van der Waals surface area contributed by atoms with Crippen molar-refractivity contribution in [3.05, 3.63) is 66.2 Å². The van der Waals surface area contributed by atoms with Gasteiger partial charge in [0.1, 0.15) is 11.6 Å². The van der Waals surface area contributed by atoms with Crippen molar-refractivity contribution in [3.8, 4) is 11.3 Å². The zero-order valence-corrected chi connectivity index (χ0v) is 15.6. The first-order valence-corrected chi connectivity index (χ1v) is 9.43. The predicted molar refractivity (Wildman–Crippen MR) is 105 cm³/mol. The molecule has 4 rings (SSSR count). The van der Waals surface area contributed by atoms with Crippen LogP contribution in [0.25, 0.3) is 11.3 Å². The van der Waals surface area contributed by atoms with E-state index in [0.717, 1.165) is 43.6 Å². The Bertz CT molecular complexity index is 970. The first-order valence-electron chi connectivity index (χ1n) is 9.43.